The van der Waals surface area contributed by atoms with Crippen LogP contribution in [0.5, 0.6) is 0 Å². The van der Waals surface area contributed by atoms with E-state index in [1.54, 1.807) is 0 Å². The molecule has 7 heteroatoms. The summed E-state index contributed by atoms with van der Waals surface area (Å²) in [5.41, 5.74) is 3.87. The van der Waals surface area contributed by atoms with Gasteiger partial charge in [0.1, 0.15) is 0 Å². The molecule has 2 aromatic rings. The fourth-order valence-corrected chi connectivity index (χ4v) is 3.35. The van der Waals surface area contributed by atoms with Crippen LogP contribution in [-0.2, 0) is 11.2 Å². The first-order valence-corrected chi connectivity index (χ1v) is 8.66. The van der Waals surface area contributed by atoms with Crippen LogP contribution in [0.4, 0.5) is 0 Å². The third kappa shape index (κ3) is 4.17. The van der Waals surface area contributed by atoms with Gasteiger partial charge in [0.2, 0.25) is 5.91 Å². The molecule has 1 aromatic carbocycles. The number of aryl methyl sites for hydroxylation is 1. The minimum Gasteiger partial charge on any atom is -0.337 e. The lowest BCUT2D eigenvalue weighted by Crippen LogP contribution is -2.52. The second-order valence-electron chi connectivity index (χ2n) is 6.35. The van der Waals surface area contributed by atoms with Crippen molar-refractivity contribution >= 4 is 29.9 Å². The number of aromatic nitrogens is 2. The van der Waals surface area contributed by atoms with E-state index in [0.717, 1.165) is 42.3 Å². The molecule has 1 N–H and O–H groups in total. The van der Waals surface area contributed by atoms with Crippen molar-refractivity contribution in [3.63, 3.8) is 0 Å². The van der Waals surface area contributed by atoms with Crippen molar-refractivity contribution in [2.24, 2.45) is 0 Å². The molecule has 1 aliphatic rings. The number of amides is 1. The number of hydrogen-bond donors (Lipinski definition) is 1. The maximum Gasteiger partial charge on any atom is 0.227 e. The Balaban J connectivity index is 0.00000225. The minimum absolute atomic E-state index is 0. The maximum atomic E-state index is 12.7. The van der Waals surface area contributed by atoms with E-state index in [-0.39, 0.29) is 24.4 Å². The van der Waals surface area contributed by atoms with Gasteiger partial charge in [0.05, 0.1) is 17.8 Å². The predicted molar refractivity (Wildman–Crippen MR) is 103 cm³/mol. The SMILES string of the molecule is Cc1nn(-c2ccc(Cl)cc2)c(C)c1CC(=O)N1CCNC[C@@H]1C.Cl. The lowest BCUT2D eigenvalue weighted by Gasteiger charge is -2.34. The van der Waals surface area contributed by atoms with E-state index >= 15 is 0 Å². The van der Waals surface area contributed by atoms with Crippen molar-refractivity contribution in [3.05, 3.63) is 46.2 Å². The van der Waals surface area contributed by atoms with E-state index in [4.69, 9.17) is 11.6 Å². The van der Waals surface area contributed by atoms with Crippen LogP contribution in [0.3, 0.4) is 0 Å². The summed E-state index contributed by atoms with van der Waals surface area (Å²) in [5, 5.41) is 8.63. The van der Waals surface area contributed by atoms with Crippen LogP contribution >= 0.6 is 24.0 Å². The largest absolute Gasteiger partial charge is 0.337 e. The van der Waals surface area contributed by atoms with Crippen molar-refractivity contribution in [2.45, 2.75) is 33.2 Å². The Bertz CT molecular complexity index is 742. The molecular formula is C18H24Cl2N4O. The summed E-state index contributed by atoms with van der Waals surface area (Å²) in [7, 11) is 0. The predicted octanol–water partition coefficient (Wildman–Crippen LogP) is 2.93. The Morgan fingerprint density at radius 3 is 2.64 bits per heavy atom. The lowest BCUT2D eigenvalue weighted by molar-refractivity contribution is -0.133. The molecule has 3 rings (SSSR count). The summed E-state index contributed by atoms with van der Waals surface area (Å²) in [4.78, 5) is 14.7. The van der Waals surface area contributed by atoms with Crippen molar-refractivity contribution in [1.29, 1.82) is 0 Å². The Hall–Kier alpha value is -1.56. The summed E-state index contributed by atoms with van der Waals surface area (Å²) in [6.45, 7) is 8.54. The first-order valence-electron chi connectivity index (χ1n) is 8.28. The van der Waals surface area contributed by atoms with Crippen LogP contribution < -0.4 is 5.32 Å². The molecule has 136 valence electrons. The molecule has 5 nitrogen and oxygen atoms in total. The van der Waals surface area contributed by atoms with Crippen molar-refractivity contribution < 1.29 is 4.79 Å². The van der Waals surface area contributed by atoms with Crippen LogP contribution in [0, 0.1) is 13.8 Å². The molecule has 1 aliphatic heterocycles. The van der Waals surface area contributed by atoms with Crippen LogP contribution in [0.25, 0.3) is 5.69 Å². The number of nitrogens with zero attached hydrogens (tertiary/aromatic N) is 3. The van der Waals surface area contributed by atoms with Gasteiger partial charge in [-0.25, -0.2) is 4.68 Å². The second kappa shape index (κ2) is 8.21. The van der Waals surface area contributed by atoms with E-state index in [1.165, 1.54) is 0 Å². The van der Waals surface area contributed by atoms with Crippen molar-refractivity contribution in [2.75, 3.05) is 19.6 Å². The van der Waals surface area contributed by atoms with Gasteiger partial charge in [0.25, 0.3) is 0 Å². The quantitative estimate of drug-likeness (QED) is 0.887. The highest BCUT2D eigenvalue weighted by atomic mass is 35.5. The number of benzene rings is 1. The zero-order chi connectivity index (χ0) is 17.3. The molecule has 0 aliphatic carbocycles. The van der Waals surface area contributed by atoms with Gasteiger partial charge < -0.3 is 10.2 Å². The standard InChI is InChI=1S/C18H23ClN4O.ClH/c1-12-11-20-8-9-22(12)18(24)10-17-13(2)21-23(14(17)3)16-6-4-15(19)5-7-16;/h4-7,12,20H,8-11H2,1-3H3;1H/t12-;/m0./s1. The molecule has 0 unspecified atom stereocenters. The summed E-state index contributed by atoms with van der Waals surface area (Å²) in [5.74, 6) is 0.172. The Kier molecular flexibility index (Phi) is 6.49. The van der Waals surface area contributed by atoms with Gasteiger partial charge in [-0.15, -0.1) is 12.4 Å². The highest BCUT2D eigenvalue weighted by molar-refractivity contribution is 6.30. The zero-order valence-corrected chi connectivity index (χ0v) is 16.3. The van der Waals surface area contributed by atoms with Crippen molar-refractivity contribution in [3.8, 4) is 5.69 Å². The van der Waals surface area contributed by atoms with E-state index in [2.05, 4.69) is 17.3 Å². The van der Waals surface area contributed by atoms with Gasteiger partial charge in [0, 0.05) is 42.0 Å². The highest BCUT2D eigenvalue weighted by Gasteiger charge is 2.25. The van der Waals surface area contributed by atoms with Gasteiger partial charge in [-0.05, 0) is 45.0 Å². The number of hydrogen-bond acceptors (Lipinski definition) is 3. The molecule has 0 spiro atoms. The maximum absolute atomic E-state index is 12.7. The Morgan fingerprint density at radius 1 is 1.32 bits per heavy atom. The van der Waals surface area contributed by atoms with Crippen LogP contribution in [0.1, 0.15) is 23.9 Å². The number of halogens is 2. The van der Waals surface area contributed by atoms with E-state index < -0.39 is 0 Å². The third-order valence-corrected chi connectivity index (χ3v) is 4.91. The van der Waals surface area contributed by atoms with Gasteiger partial charge in [-0.3, -0.25) is 4.79 Å². The summed E-state index contributed by atoms with van der Waals surface area (Å²) >= 11 is 5.96. The molecule has 0 radical (unpaired) electrons. The number of carbonyl (C=O) groups excluding carboxylic acids is 1. The average Bonchev–Trinajstić information content (AvgIpc) is 2.84. The molecular weight excluding hydrogens is 359 g/mol. The highest BCUT2D eigenvalue weighted by Crippen LogP contribution is 2.21. The molecule has 0 saturated carbocycles. The van der Waals surface area contributed by atoms with Gasteiger partial charge in [-0.1, -0.05) is 11.6 Å². The van der Waals surface area contributed by atoms with E-state index in [0.29, 0.717) is 11.4 Å². The van der Waals surface area contributed by atoms with Gasteiger partial charge >= 0.3 is 0 Å². The first-order chi connectivity index (χ1) is 11.5. The van der Waals surface area contributed by atoms with Crippen LogP contribution in [0.15, 0.2) is 24.3 Å². The lowest BCUT2D eigenvalue weighted by atomic mass is 10.1. The average molecular weight is 383 g/mol. The van der Waals surface area contributed by atoms with Crippen LogP contribution in [0.2, 0.25) is 5.02 Å². The topological polar surface area (TPSA) is 50.2 Å². The number of piperazine rings is 1. The molecule has 1 amide bonds. The normalized spacial score (nSPS) is 17.3. The molecule has 1 saturated heterocycles. The number of nitrogens with one attached hydrogen (secondary N) is 1. The fraction of sp³-hybridized carbons (Fsp3) is 0.444. The fourth-order valence-electron chi connectivity index (χ4n) is 3.23. The van der Waals surface area contributed by atoms with Gasteiger partial charge in [-0.2, -0.15) is 5.10 Å². The minimum atomic E-state index is 0. The van der Waals surface area contributed by atoms with Crippen molar-refractivity contribution in [1.82, 2.24) is 20.0 Å². The second-order valence-corrected chi connectivity index (χ2v) is 6.79. The molecule has 0 bridgehead atoms. The molecule has 1 atom stereocenters. The number of rotatable bonds is 3. The Morgan fingerprint density at radius 2 is 2.00 bits per heavy atom. The van der Waals surface area contributed by atoms with Gasteiger partial charge in [0.15, 0.2) is 0 Å². The number of carbonyl (C=O) groups is 1. The molecule has 1 fully saturated rings. The molecule has 1 aromatic heterocycles. The molecule has 2 heterocycles. The summed E-state index contributed by atoms with van der Waals surface area (Å²) in [6, 6.07) is 7.80. The van der Waals surface area contributed by atoms with Crippen LogP contribution in [-0.4, -0.2) is 46.3 Å². The van der Waals surface area contributed by atoms with E-state index in [1.807, 2.05) is 47.7 Å². The molecule has 25 heavy (non-hydrogen) atoms. The first kappa shape index (κ1) is 19.8. The van der Waals surface area contributed by atoms with E-state index in [9.17, 15) is 4.79 Å². The third-order valence-electron chi connectivity index (χ3n) is 4.66. The summed E-state index contributed by atoms with van der Waals surface area (Å²) < 4.78 is 1.88. The smallest absolute Gasteiger partial charge is 0.227 e. The Labute approximate surface area is 159 Å². The zero-order valence-electron chi connectivity index (χ0n) is 14.8. The monoisotopic (exact) mass is 382 g/mol. The summed E-state index contributed by atoms with van der Waals surface area (Å²) in [6.07, 6.45) is 0.398.